The van der Waals surface area contributed by atoms with E-state index in [-0.39, 0.29) is 0 Å². The van der Waals surface area contributed by atoms with Crippen molar-refractivity contribution in [3.63, 3.8) is 0 Å². The van der Waals surface area contributed by atoms with Gasteiger partial charge in [-0.25, -0.2) is 0 Å². The smallest absolute Gasteiger partial charge is 0.494 e. The van der Waals surface area contributed by atoms with Crippen molar-refractivity contribution in [3.8, 4) is 11.4 Å². The quantitative estimate of drug-likeness (QED) is 0.335. The summed E-state index contributed by atoms with van der Waals surface area (Å²) in [6.07, 6.45) is 0. The lowest BCUT2D eigenvalue weighted by atomic mass is 9.77. The second-order valence-electron chi connectivity index (χ2n) is 12.8. The van der Waals surface area contributed by atoms with Crippen LogP contribution in [0.5, 0.6) is 5.75 Å². The average molecular weight is 525 g/mol. The van der Waals surface area contributed by atoms with Crippen LogP contribution in [0, 0.1) is 0 Å². The number of fused-ring (bicyclic) bond motifs is 3. The maximum atomic E-state index is 6.40. The zero-order valence-corrected chi connectivity index (χ0v) is 24.4. The molecule has 2 aliphatic heterocycles. The van der Waals surface area contributed by atoms with E-state index in [0.29, 0.717) is 0 Å². The van der Waals surface area contributed by atoms with Crippen LogP contribution in [0.15, 0.2) is 60.7 Å². The molecule has 2 aliphatic rings. The highest BCUT2D eigenvalue weighted by atomic mass is 16.7. The third-order valence-corrected chi connectivity index (χ3v) is 9.19. The average Bonchev–Trinajstić information content (AvgIpc) is 3.40. The molecule has 1 aromatic heterocycles. The zero-order valence-electron chi connectivity index (χ0n) is 24.4. The lowest BCUT2D eigenvalue weighted by Gasteiger charge is -2.32. The topological polar surface area (TPSA) is 51.1 Å². The van der Waals surface area contributed by atoms with E-state index in [2.05, 4.69) is 108 Å². The van der Waals surface area contributed by atoms with Gasteiger partial charge in [0.2, 0.25) is 0 Å². The van der Waals surface area contributed by atoms with E-state index in [1.165, 1.54) is 0 Å². The summed E-state index contributed by atoms with van der Waals surface area (Å²) in [6.45, 7) is 16.7. The number of ether oxygens (including phenoxy) is 1. The Morgan fingerprint density at radius 1 is 0.564 bits per heavy atom. The van der Waals surface area contributed by atoms with Crippen LogP contribution in [-0.2, 0) is 18.6 Å². The molecule has 0 bridgehead atoms. The van der Waals surface area contributed by atoms with Gasteiger partial charge in [-0.1, -0.05) is 24.3 Å². The second-order valence-corrected chi connectivity index (χ2v) is 12.8. The van der Waals surface area contributed by atoms with Crippen LogP contribution < -0.4 is 15.7 Å². The Kier molecular flexibility index (Phi) is 5.84. The van der Waals surface area contributed by atoms with Crippen molar-refractivity contribution < 1.29 is 23.4 Å². The number of nitrogens with zero attached hydrogens (tertiary/aromatic N) is 1. The molecule has 0 aliphatic carbocycles. The molecule has 2 fully saturated rings. The van der Waals surface area contributed by atoms with Crippen molar-refractivity contribution in [3.05, 3.63) is 60.7 Å². The predicted octanol–water partition coefficient (Wildman–Crippen LogP) is 5.39. The van der Waals surface area contributed by atoms with Crippen molar-refractivity contribution in [2.75, 3.05) is 7.11 Å². The number of hydrogen-bond donors (Lipinski definition) is 0. The third kappa shape index (κ3) is 4.11. The zero-order chi connectivity index (χ0) is 28.0. The molecule has 2 saturated heterocycles. The minimum absolute atomic E-state index is 0.409. The van der Waals surface area contributed by atoms with Gasteiger partial charge in [0.05, 0.1) is 40.5 Å². The molecule has 0 spiro atoms. The summed E-state index contributed by atoms with van der Waals surface area (Å²) in [5, 5.41) is 2.23. The van der Waals surface area contributed by atoms with Gasteiger partial charge in [-0.15, -0.1) is 0 Å². The Morgan fingerprint density at radius 3 is 1.31 bits per heavy atom. The molecular weight excluding hydrogens is 488 g/mol. The number of hydrogen-bond acceptors (Lipinski definition) is 5. The Hall–Kier alpha value is -2.77. The Bertz CT molecular complexity index is 1450. The minimum Gasteiger partial charge on any atom is -0.497 e. The van der Waals surface area contributed by atoms with Gasteiger partial charge < -0.3 is 27.9 Å². The van der Waals surface area contributed by atoms with E-state index in [1.807, 2.05) is 12.1 Å². The molecule has 0 amide bonds. The van der Waals surface area contributed by atoms with Crippen molar-refractivity contribution in [2.24, 2.45) is 0 Å². The van der Waals surface area contributed by atoms with E-state index in [0.717, 1.165) is 44.2 Å². The van der Waals surface area contributed by atoms with E-state index < -0.39 is 36.6 Å². The highest BCUT2D eigenvalue weighted by molar-refractivity contribution is 6.63. The van der Waals surface area contributed by atoms with Crippen LogP contribution in [0.3, 0.4) is 0 Å². The molecule has 3 heterocycles. The monoisotopic (exact) mass is 525 g/mol. The lowest BCUT2D eigenvalue weighted by molar-refractivity contribution is 0.00578. The molecule has 202 valence electrons. The fraction of sp³-hybridized carbons (Fsp3) is 0.419. The number of methoxy groups -OCH3 is 1. The molecule has 0 atom stereocenters. The minimum atomic E-state index is -0.440. The summed E-state index contributed by atoms with van der Waals surface area (Å²) in [5.74, 6) is 0.825. The van der Waals surface area contributed by atoms with Crippen LogP contribution >= 0.6 is 0 Å². The highest BCUT2D eigenvalue weighted by Crippen LogP contribution is 2.39. The maximum absolute atomic E-state index is 6.40. The van der Waals surface area contributed by atoms with Crippen molar-refractivity contribution in [2.45, 2.75) is 77.8 Å². The molecule has 0 saturated carbocycles. The van der Waals surface area contributed by atoms with Crippen molar-refractivity contribution in [1.82, 2.24) is 4.57 Å². The van der Waals surface area contributed by atoms with Gasteiger partial charge in [0.25, 0.3) is 0 Å². The SMILES string of the molecule is COc1ccc(-n2c3ccc(B4OC(C)(C)C(C)(C)O4)cc3c3cc(B4OC(C)(C)C(C)(C)O4)ccc32)cc1. The van der Waals surface area contributed by atoms with E-state index in [4.69, 9.17) is 23.4 Å². The number of rotatable bonds is 4. The Morgan fingerprint density at radius 2 is 0.949 bits per heavy atom. The van der Waals surface area contributed by atoms with Crippen molar-refractivity contribution in [1.29, 1.82) is 0 Å². The van der Waals surface area contributed by atoms with Crippen LogP contribution in [0.4, 0.5) is 0 Å². The summed E-state index contributed by atoms with van der Waals surface area (Å²) >= 11 is 0. The molecule has 0 N–H and O–H groups in total. The van der Waals surface area contributed by atoms with Gasteiger partial charge >= 0.3 is 14.2 Å². The summed E-state index contributed by atoms with van der Waals surface area (Å²) in [5.41, 5.74) is 3.61. The largest absolute Gasteiger partial charge is 0.497 e. The molecule has 39 heavy (non-hydrogen) atoms. The van der Waals surface area contributed by atoms with E-state index in [1.54, 1.807) is 7.11 Å². The number of benzene rings is 3. The summed E-state index contributed by atoms with van der Waals surface area (Å²) in [6, 6.07) is 21.1. The Labute approximate surface area is 231 Å². The van der Waals surface area contributed by atoms with Crippen LogP contribution in [0.2, 0.25) is 0 Å². The van der Waals surface area contributed by atoms with Crippen molar-refractivity contribution >= 4 is 47.0 Å². The molecule has 0 unspecified atom stereocenters. The summed E-state index contributed by atoms with van der Waals surface area (Å²) in [7, 11) is 0.805. The van der Waals surface area contributed by atoms with E-state index in [9.17, 15) is 0 Å². The standard InChI is InChI=1S/C31H37B2NO5/c1-28(2)29(3,4)37-32(36-28)20-10-16-26-24(18-20)25-19-21(33-38-30(5,6)31(7,8)39-33)11-17-27(25)34(26)22-12-14-23(35-9)15-13-22/h10-19H,1-9H3. The molecular formula is C31H37B2NO5. The fourth-order valence-electron chi connectivity index (χ4n) is 5.32. The van der Waals surface area contributed by atoms with Gasteiger partial charge in [-0.2, -0.15) is 0 Å². The Balaban J connectivity index is 1.52. The molecule has 0 radical (unpaired) electrons. The fourth-order valence-corrected chi connectivity index (χ4v) is 5.32. The normalized spacial score (nSPS) is 21.3. The van der Waals surface area contributed by atoms with E-state index >= 15 is 0 Å². The molecule has 8 heteroatoms. The molecule has 4 aromatic rings. The van der Waals surface area contributed by atoms with Gasteiger partial charge in [0, 0.05) is 16.5 Å². The summed E-state index contributed by atoms with van der Waals surface area (Å²) < 4.78 is 33.3. The van der Waals surface area contributed by atoms with Gasteiger partial charge in [-0.05, 0) is 103 Å². The highest BCUT2D eigenvalue weighted by Gasteiger charge is 2.53. The van der Waals surface area contributed by atoms with Gasteiger partial charge in [0.15, 0.2) is 0 Å². The predicted molar refractivity (Wildman–Crippen MR) is 159 cm³/mol. The third-order valence-electron chi connectivity index (χ3n) is 9.19. The molecule has 6 rings (SSSR count). The molecule has 6 nitrogen and oxygen atoms in total. The van der Waals surface area contributed by atoms with Gasteiger partial charge in [0.1, 0.15) is 5.75 Å². The van der Waals surface area contributed by atoms with Crippen LogP contribution in [0.25, 0.3) is 27.5 Å². The first-order valence-corrected chi connectivity index (χ1v) is 13.7. The van der Waals surface area contributed by atoms with Crippen LogP contribution in [-0.4, -0.2) is 48.3 Å². The number of aromatic nitrogens is 1. The lowest BCUT2D eigenvalue weighted by Crippen LogP contribution is -2.41. The first-order valence-electron chi connectivity index (χ1n) is 13.7. The first-order chi connectivity index (χ1) is 18.2. The van der Waals surface area contributed by atoms with Crippen LogP contribution in [0.1, 0.15) is 55.4 Å². The second kappa shape index (κ2) is 8.61. The molecule has 3 aromatic carbocycles. The van der Waals surface area contributed by atoms with Gasteiger partial charge in [-0.3, -0.25) is 0 Å². The summed E-state index contributed by atoms with van der Waals surface area (Å²) in [4.78, 5) is 0. The maximum Gasteiger partial charge on any atom is 0.494 e. The first kappa shape index (κ1) is 26.5.